The fraction of sp³-hybridized carbons (Fsp3) is 0.579. The van der Waals surface area contributed by atoms with Gasteiger partial charge in [0.15, 0.2) is 13.1 Å². The van der Waals surface area contributed by atoms with Gasteiger partial charge in [0.25, 0.3) is 0 Å². The van der Waals surface area contributed by atoms with Crippen LogP contribution in [0.4, 0.5) is 0 Å². The predicted octanol–water partition coefficient (Wildman–Crippen LogP) is 1.23. The summed E-state index contributed by atoms with van der Waals surface area (Å²) < 4.78 is 15.9. The van der Waals surface area contributed by atoms with Gasteiger partial charge in [-0.1, -0.05) is 37.5 Å². The summed E-state index contributed by atoms with van der Waals surface area (Å²) in [7, 11) is -1.24. The van der Waals surface area contributed by atoms with Crippen molar-refractivity contribution in [3.63, 3.8) is 0 Å². The first-order valence-corrected chi connectivity index (χ1v) is 9.65. The molecule has 0 radical (unpaired) electrons. The molecule has 1 heterocycles. The van der Waals surface area contributed by atoms with Gasteiger partial charge >= 0.3 is 13.1 Å². The molecular weight excluding hydrogens is 365 g/mol. The number of hydrogen-bond acceptors (Lipinski definition) is 7. The Morgan fingerprint density at radius 2 is 2.07 bits per heavy atom. The van der Waals surface area contributed by atoms with Gasteiger partial charge in [-0.3, -0.25) is 9.59 Å². The number of amides is 1. The number of carbonyl (C=O) groups excluding carboxylic acids is 2. The minimum absolute atomic E-state index is 0.0943. The summed E-state index contributed by atoms with van der Waals surface area (Å²) in [4.78, 5) is 23.3. The van der Waals surface area contributed by atoms with Crippen molar-refractivity contribution in [1.29, 1.82) is 0 Å². The van der Waals surface area contributed by atoms with E-state index in [2.05, 4.69) is 5.32 Å². The van der Waals surface area contributed by atoms with Crippen molar-refractivity contribution in [2.45, 2.75) is 57.7 Å². The van der Waals surface area contributed by atoms with E-state index in [4.69, 9.17) is 14.1 Å². The van der Waals surface area contributed by atoms with Crippen LogP contribution in [0.5, 0.6) is 5.75 Å². The fourth-order valence-corrected chi connectivity index (χ4v) is 3.73. The molecule has 9 heteroatoms. The largest absolute Gasteiger partial charge is 0.547 e. The van der Waals surface area contributed by atoms with E-state index in [0.717, 1.165) is 37.7 Å². The van der Waals surface area contributed by atoms with E-state index in [9.17, 15) is 19.7 Å². The maximum atomic E-state index is 12.0. The van der Waals surface area contributed by atoms with Crippen LogP contribution in [0.1, 0.15) is 56.4 Å². The number of esters is 1. The summed E-state index contributed by atoms with van der Waals surface area (Å²) in [6.45, 7) is 1.00. The van der Waals surface area contributed by atoms with Crippen LogP contribution >= 0.6 is 0 Å². The average Bonchev–Trinajstić information content (AvgIpc) is 2.68. The Morgan fingerprint density at radius 1 is 1.32 bits per heavy atom. The van der Waals surface area contributed by atoms with Crippen LogP contribution in [0.15, 0.2) is 18.2 Å². The molecule has 1 amide bonds. The van der Waals surface area contributed by atoms with E-state index in [0.29, 0.717) is 17.7 Å². The second-order valence-electron chi connectivity index (χ2n) is 7.29. The van der Waals surface area contributed by atoms with Crippen molar-refractivity contribution in [1.82, 2.24) is 5.32 Å². The first kappa shape index (κ1) is 20.6. The number of para-hydroxylation sites is 1. The van der Waals surface area contributed by atoms with E-state index >= 15 is 0 Å². The molecule has 3 rings (SSSR count). The van der Waals surface area contributed by atoms with E-state index in [1.54, 1.807) is 18.2 Å². The number of carbonyl (C=O) groups is 2. The van der Waals surface area contributed by atoms with E-state index < -0.39 is 19.3 Å². The Balaban J connectivity index is 1.58. The van der Waals surface area contributed by atoms with Gasteiger partial charge in [-0.25, -0.2) is 0 Å². The third-order valence-electron chi connectivity index (χ3n) is 5.17. The Morgan fingerprint density at radius 3 is 2.79 bits per heavy atom. The normalized spacial score (nSPS) is 20.7. The van der Waals surface area contributed by atoms with Crippen LogP contribution in [-0.4, -0.2) is 41.9 Å². The maximum Gasteiger partial charge on any atom is 0.547 e. The van der Waals surface area contributed by atoms with Gasteiger partial charge in [0, 0.05) is 12.5 Å². The molecule has 0 saturated heterocycles. The van der Waals surface area contributed by atoms with Crippen molar-refractivity contribution >= 4 is 19.0 Å². The lowest BCUT2D eigenvalue weighted by Gasteiger charge is -2.30. The highest BCUT2D eigenvalue weighted by Gasteiger charge is 2.37. The zero-order chi connectivity index (χ0) is 20.1. The Hall–Kier alpha value is -2.10. The summed E-state index contributed by atoms with van der Waals surface area (Å²) >= 11 is 0. The first-order chi connectivity index (χ1) is 13.5. The van der Waals surface area contributed by atoms with Gasteiger partial charge < -0.3 is 29.6 Å². The van der Waals surface area contributed by atoms with Gasteiger partial charge in [0.05, 0.1) is 11.9 Å². The number of aliphatic hydroxyl groups is 1. The third kappa shape index (κ3) is 5.04. The summed E-state index contributed by atoms with van der Waals surface area (Å²) in [5, 5.41) is 23.1. The Kier molecular flexibility index (Phi) is 6.93. The number of rotatable bonds is 6. The molecule has 1 aromatic rings. The van der Waals surface area contributed by atoms with E-state index in [1.165, 1.54) is 6.92 Å². The van der Waals surface area contributed by atoms with E-state index in [1.807, 2.05) is 0 Å². The molecule has 2 aliphatic rings. The number of nitrogens with one attached hydrogen (secondary N) is 1. The standard InChI is InChI=1S/C19H26BNO7/c1-12(22)21-16-10-14-8-5-9-15(17(14)28-20(16)25)19(24)27-11-26-18(23)13-6-3-2-4-7-13/h5,8-9,13,16,19,24-25H,2-4,6-7,10-11H2,1H3,(H,21,22)/t16-,19?/m0/s1. The lowest BCUT2D eigenvalue weighted by Crippen LogP contribution is -2.52. The van der Waals surface area contributed by atoms with E-state index in [-0.39, 0.29) is 24.6 Å². The molecule has 1 aromatic carbocycles. The van der Waals surface area contributed by atoms with Crippen LogP contribution in [-0.2, 0) is 25.5 Å². The number of hydrogen-bond donors (Lipinski definition) is 3. The highest BCUT2D eigenvalue weighted by molar-refractivity contribution is 6.46. The molecule has 28 heavy (non-hydrogen) atoms. The molecule has 1 saturated carbocycles. The topological polar surface area (TPSA) is 114 Å². The number of aliphatic hydroxyl groups excluding tert-OH is 1. The molecule has 0 bridgehead atoms. The minimum atomic E-state index is -1.38. The molecule has 1 fully saturated rings. The first-order valence-electron chi connectivity index (χ1n) is 9.65. The molecule has 152 valence electrons. The van der Waals surface area contributed by atoms with Gasteiger partial charge in [0.2, 0.25) is 5.91 Å². The number of benzene rings is 1. The zero-order valence-corrected chi connectivity index (χ0v) is 15.9. The number of fused-ring (bicyclic) bond motifs is 1. The molecule has 0 spiro atoms. The molecule has 1 unspecified atom stereocenters. The summed E-state index contributed by atoms with van der Waals surface area (Å²) in [6, 6.07) is 5.12. The van der Waals surface area contributed by atoms with Crippen LogP contribution in [0.25, 0.3) is 0 Å². The lowest BCUT2D eigenvalue weighted by molar-refractivity contribution is -0.190. The summed E-state index contributed by atoms with van der Waals surface area (Å²) in [5.74, 6) is -0.928. The maximum absolute atomic E-state index is 12.0. The van der Waals surface area contributed by atoms with Gasteiger partial charge in [-0.15, -0.1) is 0 Å². The highest BCUT2D eigenvalue weighted by Crippen LogP contribution is 2.34. The van der Waals surface area contributed by atoms with Crippen LogP contribution < -0.4 is 9.97 Å². The molecule has 2 atom stereocenters. The second kappa shape index (κ2) is 9.40. The predicted molar refractivity (Wildman–Crippen MR) is 99.9 cm³/mol. The van der Waals surface area contributed by atoms with Crippen molar-refractivity contribution in [2.75, 3.05) is 6.79 Å². The molecule has 3 N–H and O–H groups in total. The fourth-order valence-electron chi connectivity index (χ4n) is 3.73. The molecular formula is C19H26BNO7. The third-order valence-corrected chi connectivity index (χ3v) is 5.17. The Bertz CT molecular complexity index is 708. The smallest absolute Gasteiger partial charge is 0.534 e. The molecule has 1 aliphatic heterocycles. The van der Waals surface area contributed by atoms with Gasteiger partial charge in [-0.05, 0) is 24.8 Å². The number of ether oxygens (including phenoxy) is 2. The molecule has 1 aliphatic carbocycles. The highest BCUT2D eigenvalue weighted by atomic mass is 16.7. The minimum Gasteiger partial charge on any atom is -0.534 e. The molecule has 8 nitrogen and oxygen atoms in total. The van der Waals surface area contributed by atoms with Crippen LogP contribution in [0, 0.1) is 5.92 Å². The zero-order valence-electron chi connectivity index (χ0n) is 15.9. The van der Waals surface area contributed by atoms with Crippen molar-refractivity contribution in [2.24, 2.45) is 5.92 Å². The summed E-state index contributed by atoms with van der Waals surface area (Å²) in [5.41, 5.74) is 1.05. The Labute approximate surface area is 164 Å². The molecule has 0 aromatic heterocycles. The van der Waals surface area contributed by atoms with Crippen LogP contribution in [0.3, 0.4) is 0 Å². The van der Waals surface area contributed by atoms with Gasteiger partial charge in [-0.2, -0.15) is 0 Å². The van der Waals surface area contributed by atoms with Crippen molar-refractivity contribution in [3.8, 4) is 5.75 Å². The quantitative estimate of drug-likeness (QED) is 0.380. The lowest BCUT2D eigenvalue weighted by atomic mass is 9.72. The van der Waals surface area contributed by atoms with Crippen molar-refractivity contribution in [3.05, 3.63) is 29.3 Å². The monoisotopic (exact) mass is 391 g/mol. The SMILES string of the molecule is CC(=O)N[C@H]1Cc2cccc(C(O)OCOC(=O)C3CCCCC3)c2OB1O. The average molecular weight is 391 g/mol. The summed E-state index contributed by atoms with van der Waals surface area (Å²) in [6.07, 6.45) is 3.83. The van der Waals surface area contributed by atoms with Crippen LogP contribution in [0.2, 0.25) is 0 Å². The second-order valence-corrected chi connectivity index (χ2v) is 7.29. The van der Waals surface area contributed by atoms with Crippen molar-refractivity contribution < 1.29 is 33.8 Å². The van der Waals surface area contributed by atoms with Gasteiger partial charge in [0.1, 0.15) is 5.75 Å².